The molecule has 0 saturated carbocycles. The van der Waals surface area contributed by atoms with E-state index in [1.165, 1.54) is 24.1 Å². The number of benzene rings is 1. The highest BCUT2D eigenvalue weighted by Gasteiger charge is 2.32. The number of likely N-dealkylation sites (tertiary alicyclic amines) is 1. The monoisotopic (exact) mass is 268 g/mol. The molecule has 0 radical (unpaired) electrons. The van der Waals surface area contributed by atoms with E-state index in [2.05, 4.69) is 43.0 Å². The Balaban J connectivity index is 0.00000162. The summed E-state index contributed by atoms with van der Waals surface area (Å²) in [6, 6.07) is 8.79. The maximum Gasteiger partial charge on any atom is 0.0236 e. The van der Waals surface area contributed by atoms with Gasteiger partial charge in [-0.1, -0.05) is 38.1 Å². The molecule has 1 fully saturated rings. The number of halogens is 1. The van der Waals surface area contributed by atoms with Crippen LogP contribution in [-0.2, 0) is 13.0 Å². The summed E-state index contributed by atoms with van der Waals surface area (Å²) in [7, 11) is 0. The fourth-order valence-corrected chi connectivity index (χ4v) is 2.73. The summed E-state index contributed by atoms with van der Waals surface area (Å²) in [6.07, 6.45) is 2.36. The zero-order valence-corrected chi connectivity index (χ0v) is 12.3. The maximum absolute atomic E-state index is 5.85. The van der Waals surface area contributed by atoms with Gasteiger partial charge in [0, 0.05) is 13.1 Å². The number of aryl methyl sites for hydroxylation is 1. The Morgan fingerprint density at radius 1 is 1.28 bits per heavy atom. The summed E-state index contributed by atoms with van der Waals surface area (Å²) < 4.78 is 0. The van der Waals surface area contributed by atoms with Crippen LogP contribution in [0.2, 0.25) is 0 Å². The van der Waals surface area contributed by atoms with Crippen LogP contribution in [0.15, 0.2) is 24.3 Å². The number of rotatable bonds is 4. The highest BCUT2D eigenvalue weighted by molar-refractivity contribution is 5.85. The van der Waals surface area contributed by atoms with Gasteiger partial charge in [0.1, 0.15) is 0 Å². The molecule has 1 atom stereocenters. The van der Waals surface area contributed by atoms with E-state index >= 15 is 0 Å². The lowest BCUT2D eigenvalue weighted by Crippen LogP contribution is -2.31. The molecule has 1 aromatic rings. The van der Waals surface area contributed by atoms with E-state index in [0.717, 1.165) is 26.1 Å². The summed E-state index contributed by atoms with van der Waals surface area (Å²) in [5.41, 5.74) is 9.15. The highest BCUT2D eigenvalue weighted by atomic mass is 35.5. The van der Waals surface area contributed by atoms with E-state index in [1.807, 2.05) is 0 Å². The molecule has 0 aliphatic carbocycles. The zero-order chi connectivity index (χ0) is 12.3. The van der Waals surface area contributed by atoms with E-state index in [4.69, 9.17) is 5.73 Å². The molecule has 1 heterocycles. The van der Waals surface area contributed by atoms with Gasteiger partial charge in [0.15, 0.2) is 0 Å². The number of nitrogens with zero attached hydrogens (tertiary/aromatic N) is 1. The van der Waals surface area contributed by atoms with Crippen LogP contribution >= 0.6 is 12.4 Å². The second-order valence-corrected chi connectivity index (χ2v) is 5.60. The normalized spacial score (nSPS) is 23.9. The molecular formula is C15H25ClN2. The van der Waals surface area contributed by atoms with Gasteiger partial charge in [0.25, 0.3) is 0 Å². The topological polar surface area (TPSA) is 29.3 Å². The van der Waals surface area contributed by atoms with Crippen molar-refractivity contribution in [3.63, 3.8) is 0 Å². The molecule has 2 nitrogen and oxygen atoms in total. The Morgan fingerprint density at radius 3 is 2.50 bits per heavy atom. The fraction of sp³-hybridized carbons (Fsp3) is 0.600. The van der Waals surface area contributed by atoms with E-state index < -0.39 is 0 Å². The summed E-state index contributed by atoms with van der Waals surface area (Å²) in [5, 5.41) is 0. The third kappa shape index (κ3) is 3.47. The van der Waals surface area contributed by atoms with Crippen LogP contribution in [0.3, 0.4) is 0 Å². The summed E-state index contributed by atoms with van der Waals surface area (Å²) in [5.74, 6) is 0. The van der Waals surface area contributed by atoms with Gasteiger partial charge in [-0.3, -0.25) is 4.90 Å². The van der Waals surface area contributed by atoms with Gasteiger partial charge in [-0.25, -0.2) is 0 Å². The lowest BCUT2D eigenvalue weighted by Gasteiger charge is -2.23. The minimum Gasteiger partial charge on any atom is -0.330 e. The largest absolute Gasteiger partial charge is 0.330 e. The molecule has 3 heteroatoms. The van der Waals surface area contributed by atoms with Crippen molar-refractivity contribution in [1.82, 2.24) is 4.90 Å². The van der Waals surface area contributed by atoms with Crippen molar-refractivity contribution in [2.45, 2.75) is 33.2 Å². The van der Waals surface area contributed by atoms with Crippen LogP contribution in [0.1, 0.15) is 31.4 Å². The molecule has 1 aliphatic heterocycles. The molecule has 2 N–H and O–H groups in total. The van der Waals surface area contributed by atoms with Crippen molar-refractivity contribution >= 4 is 12.4 Å². The molecule has 0 amide bonds. The zero-order valence-electron chi connectivity index (χ0n) is 11.5. The molecule has 1 saturated heterocycles. The van der Waals surface area contributed by atoms with Crippen molar-refractivity contribution < 1.29 is 0 Å². The van der Waals surface area contributed by atoms with Crippen LogP contribution in [-0.4, -0.2) is 24.5 Å². The fourth-order valence-electron chi connectivity index (χ4n) is 2.73. The van der Waals surface area contributed by atoms with Gasteiger partial charge >= 0.3 is 0 Å². The van der Waals surface area contributed by atoms with Crippen molar-refractivity contribution in [3.05, 3.63) is 35.4 Å². The van der Waals surface area contributed by atoms with Gasteiger partial charge in [-0.15, -0.1) is 12.4 Å². The third-order valence-corrected chi connectivity index (χ3v) is 4.02. The van der Waals surface area contributed by atoms with Crippen LogP contribution in [0.5, 0.6) is 0 Å². The first-order chi connectivity index (χ1) is 8.17. The average Bonchev–Trinajstić information content (AvgIpc) is 2.73. The summed E-state index contributed by atoms with van der Waals surface area (Å²) in [6.45, 7) is 8.75. The minimum absolute atomic E-state index is 0. The number of nitrogens with two attached hydrogens (primary N) is 1. The second-order valence-electron chi connectivity index (χ2n) is 5.60. The Hall–Kier alpha value is -0.570. The van der Waals surface area contributed by atoms with Gasteiger partial charge in [0.2, 0.25) is 0 Å². The third-order valence-electron chi connectivity index (χ3n) is 4.02. The second kappa shape index (κ2) is 6.55. The van der Waals surface area contributed by atoms with Crippen molar-refractivity contribution in [2.75, 3.05) is 19.6 Å². The lowest BCUT2D eigenvalue weighted by molar-refractivity contribution is 0.274. The molecular weight excluding hydrogens is 244 g/mol. The van der Waals surface area contributed by atoms with Gasteiger partial charge in [-0.05, 0) is 42.5 Å². The first-order valence-corrected chi connectivity index (χ1v) is 6.66. The molecule has 1 aliphatic rings. The maximum atomic E-state index is 5.85. The minimum atomic E-state index is 0. The Kier molecular flexibility index (Phi) is 5.64. The highest BCUT2D eigenvalue weighted by Crippen LogP contribution is 2.29. The lowest BCUT2D eigenvalue weighted by atomic mass is 9.90. The number of hydrogen-bond acceptors (Lipinski definition) is 2. The predicted octanol–water partition coefficient (Wildman–Crippen LogP) is 2.84. The quantitative estimate of drug-likeness (QED) is 0.910. The van der Waals surface area contributed by atoms with E-state index in [0.29, 0.717) is 5.41 Å². The first kappa shape index (κ1) is 15.5. The van der Waals surface area contributed by atoms with E-state index in [-0.39, 0.29) is 12.4 Å². The first-order valence-electron chi connectivity index (χ1n) is 6.66. The van der Waals surface area contributed by atoms with E-state index in [9.17, 15) is 0 Å². The van der Waals surface area contributed by atoms with Crippen LogP contribution < -0.4 is 5.73 Å². The molecule has 102 valence electrons. The predicted molar refractivity (Wildman–Crippen MR) is 80.1 cm³/mol. The average molecular weight is 269 g/mol. The van der Waals surface area contributed by atoms with Gasteiger partial charge in [0.05, 0.1) is 0 Å². The van der Waals surface area contributed by atoms with Gasteiger partial charge < -0.3 is 5.73 Å². The molecule has 0 aromatic heterocycles. The Morgan fingerprint density at radius 2 is 1.94 bits per heavy atom. The Bertz CT molecular complexity index is 381. The summed E-state index contributed by atoms with van der Waals surface area (Å²) in [4.78, 5) is 2.54. The smallest absolute Gasteiger partial charge is 0.0236 e. The van der Waals surface area contributed by atoms with Crippen LogP contribution in [0.25, 0.3) is 0 Å². The molecule has 18 heavy (non-hydrogen) atoms. The Labute approximate surface area is 117 Å². The molecule has 2 rings (SSSR count). The molecule has 1 aromatic carbocycles. The van der Waals surface area contributed by atoms with Crippen molar-refractivity contribution in [2.24, 2.45) is 11.1 Å². The van der Waals surface area contributed by atoms with Crippen molar-refractivity contribution in [3.8, 4) is 0 Å². The SMILES string of the molecule is CCc1ccccc1CN1CCC(C)(CN)C1.Cl. The van der Waals surface area contributed by atoms with Crippen LogP contribution in [0, 0.1) is 5.41 Å². The van der Waals surface area contributed by atoms with Gasteiger partial charge in [-0.2, -0.15) is 0 Å². The summed E-state index contributed by atoms with van der Waals surface area (Å²) >= 11 is 0. The van der Waals surface area contributed by atoms with Crippen LogP contribution in [0.4, 0.5) is 0 Å². The van der Waals surface area contributed by atoms with E-state index in [1.54, 1.807) is 0 Å². The standard InChI is InChI=1S/C15H24N2.ClH/c1-3-13-6-4-5-7-14(13)10-17-9-8-15(2,11-16)12-17;/h4-7H,3,8-12,16H2,1-2H3;1H. The molecule has 0 bridgehead atoms. The number of hydrogen-bond donors (Lipinski definition) is 1. The van der Waals surface area contributed by atoms with Crippen molar-refractivity contribution in [1.29, 1.82) is 0 Å². The molecule has 0 spiro atoms. The molecule has 1 unspecified atom stereocenters.